The van der Waals surface area contributed by atoms with Crippen LogP contribution < -0.4 is 5.32 Å². The summed E-state index contributed by atoms with van der Waals surface area (Å²) in [7, 11) is 0. The van der Waals surface area contributed by atoms with E-state index in [2.05, 4.69) is 39.9 Å². The van der Waals surface area contributed by atoms with Gasteiger partial charge >= 0.3 is 0 Å². The minimum atomic E-state index is 0.0900. The Kier molecular flexibility index (Phi) is 5.67. The molecule has 1 rings (SSSR count). The Hall–Kier alpha value is -0.0800. The largest absolute Gasteiger partial charge is 0.396 e. The van der Waals surface area contributed by atoms with Crippen LogP contribution in [0.2, 0.25) is 0 Å². The Balaban J connectivity index is 2.49. The van der Waals surface area contributed by atoms with Crippen LogP contribution in [0.25, 0.3) is 0 Å². The van der Waals surface area contributed by atoms with Gasteiger partial charge in [0.1, 0.15) is 0 Å². The molecule has 2 heteroatoms. The van der Waals surface area contributed by atoms with Crippen molar-refractivity contribution >= 4 is 0 Å². The lowest BCUT2D eigenvalue weighted by atomic mass is 9.70. The van der Waals surface area contributed by atoms with E-state index in [1.807, 2.05) is 0 Å². The zero-order valence-corrected chi connectivity index (χ0v) is 13.1. The summed E-state index contributed by atoms with van der Waals surface area (Å²) in [5.74, 6) is 0.749. The third kappa shape index (κ3) is 3.96. The number of nitrogens with one attached hydrogen (secondary N) is 1. The molecule has 2 unspecified atom stereocenters. The molecule has 1 aliphatic carbocycles. The molecule has 0 heterocycles. The van der Waals surface area contributed by atoms with Gasteiger partial charge in [-0.1, -0.05) is 34.6 Å². The van der Waals surface area contributed by atoms with Gasteiger partial charge in [-0.15, -0.1) is 0 Å². The zero-order valence-electron chi connectivity index (χ0n) is 13.1. The Bertz CT molecular complexity index is 237. The van der Waals surface area contributed by atoms with Crippen LogP contribution in [0.3, 0.4) is 0 Å². The Morgan fingerprint density at radius 3 is 2.33 bits per heavy atom. The average molecular weight is 255 g/mol. The molecule has 0 radical (unpaired) electrons. The Morgan fingerprint density at radius 1 is 1.28 bits per heavy atom. The summed E-state index contributed by atoms with van der Waals surface area (Å²) in [6.45, 7) is 12.8. The predicted octanol–water partition coefficient (Wildman–Crippen LogP) is 3.59. The van der Waals surface area contributed by atoms with Crippen LogP contribution in [0.15, 0.2) is 0 Å². The van der Waals surface area contributed by atoms with Crippen molar-refractivity contribution < 1.29 is 5.11 Å². The number of aliphatic hydroxyl groups is 1. The van der Waals surface area contributed by atoms with E-state index < -0.39 is 0 Å². The minimum absolute atomic E-state index is 0.0900. The lowest BCUT2D eigenvalue weighted by molar-refractivity contribution is 0.0910. The third-order valence-electron chi connectivity index (χ3n) is 5.27. The van der Waals surface area contributed by atoms with E-state index >= 15 is 0 Å². The monoisotopic (exact) mass is 255 g/mol. The quantitative estimate of drug-likeness (QED) is 0.760. The molecule has 0 aromatic heterocycles. The van der Waals surface area contributed by atoms with Gasteiger partial charge in [0, 0.05) is 24.6 Å². The highest BCUT2D eigenvalue weighted by molar-refractivity contribution is 4.89. The van der Waals surface area contributed by atoms with Gasteiger partial charge in [0.05, 0.1) is 0 Å². The van der Waals surface area contributed by atoms with Crippen molar-refractivity contribution in [1.82, 2.24) is 5.32 Å². The van der Waals surface area contributed by atoms with Crippen LogP contribution in [0.1, 0.15) is 66.7 Å². The van der Waals surface area contributed by atoms with E-state index in [1.54, 1.807) is 0 Å². The van der Waals surface area contributed by atoms with Crippen molar-refractivity contribution in [3.05, 3.63) is 0 Å². The summed E-state index contributed by atoms with van der Waals surface area (Å²) in [5, 5.41) is 13.4. The highest BCUT2D eigenvalue weighted by Gasteiger charge is 2.33. The fourth-order valence-electron chi connectivity index (χ4n) is 3.38. The first kappa shape index (κ1) is 16.0. The maximum atomic E-state index is 9.61. The van der Waals surface area contributed by atoms with E-state index in [0.29, 0.717) is 18.1 Å². The summed E-state index contributed by atoms with van der Waals surface area (Å²) in [4.78, 5) is 0. The molecule has 0 aliphatic heterocycles. The smallest absolute Gasteiger partial charge is 0.0499 e. The SMILES string of the molecule is CCC(CC)(CO)CNC1CCC(C)(C)CC1C. The van der Waals surface area contributed by atoms with Crippen molar-refractivity contribution in [2.75, 3.05) is 13.2 Å². The molecule has 0 spiro atoms. The highest BCUT2D eigenvalue weighted by atomic mass is 16.3. The lowest BCUT2D eigenvalue weighted by Gasteiger charge is -2.41. The first-order chi connectivity index (χ1) is 8.38. The summed E-state index contributed by atoms with van der Waals surface area (Å²) in [6.07, 6.45) is 6.02. The molecule has 108 valence electrons. The van der Waals surface area contributed by atoms with E-state index in [4.69, 9.17) is 0 Å². The van der Waals surface area contributed by atoms with Gasteiger partial charge in [0.25, 0.3) is 0 Å². The van der Waals surface area contributed by atoms with Gasteiger partial charge in [0.15, 0.2) is 0 Å². The number of hydrogen-bond acceptors (Lipinski definition) is 2. The summed E-state index contributed by atoms with van der Waals surface area (Å²) >= 11 is 0. The maximum Gasteiger partial charge on any atom is 0.0499 e. The van der Waals surface area contributed by atoms with Gasteiger partial charge in [-0.2, -0.15) is 0 Å². The summed E-state index contributed by atoms with van der Waals surface area (Å²) < 4.78 is 0. The van der Waals surface area contributed by atoms with E-state index in [9.17, 15) is 5.11 Å². The zero-order chi connectivity index (χ0) is 13.8. The molecule has 0 amide bonds. The molecule has 1 aliphatic rings. The predicted molar refractivity (Wildman–Crippen MR) is 78.7 cm³/mol. The number of rotatable bonds is 6. The molecule has 1 fully saturated rings. The molecule has 0 bridgehead atoms. The first-order valence-electron chi connectivity index (χ1n) is 7.72. The van der Waals surface area contributed by atoms with Gasteiger partial charge in [-0.25, -0.2) is 0 Å². The molecule has 2 nitrogen and oxygen atoms in total. The van der Waals surface area contributed by atoms with Crippen LogP contribution in [0, 0.1) is 16.7 Å². The van der Waals surface area contributed by atoms with Crippen molar-refractivity contribution in [1.29, 1.82) is 0 Å². The average Bonchev–Trinajstić information content (AvgIpc) is 2.33. The van der Waals surface area contributed by atoms with Crippen LogP contribution in [0.5, 0.6) is 0 Å². The van der Waals surface area contributed by atoms with Crippen LogP contribution in [-0.4, -0.2) is 24.3 Å². The third-order valence-corrected chi connectivity index (χ3v) is 5.27. The summed E-state index contributed by atoms with van der Waals surface area (Å²) in [6, 6.07) is 0.641. The van der Waals surface area contributed by atoms with Crippen molar-refractivity contribution in [3.63, 3.8) is 0 Å². The lowest BCUT2D eigenvalue weighted by Crippen LogP contribution is -2.47. The van der Waals surface area contributed by atoms with Crippen LogP contribution in [-0.2, 0) is 0 Å². The molecular weight excluding hydrogens is 222 g/mol. The molecule has 18 heavy (non-hydrogen) atoms. The van der Waals surface area contributed by atoms with Crippen molar-refractivity contribution in [2.24, 2.45) is 16.7 Å². The van der Waals surface area contributed by atoms with Crippen molar-refractivity contribution in [3.8, 4) is 0 Å². The fourth-order valence-corrected chi connectivity index (χ4v) is 3.38. The number of aliphatic hydroxyl groups excluding tert-OH is 1. The molecule has 1 saturated carbocycles. The van der Waals surface area contributed by atoms with Gasteiger partial charge in [0.2, 0.25) is 0 Å². The standard InChI is InChI=1S/C16H33NO/c1-6-16(7-2,12-18)11-17-14-8-9-15(4,5)10-13(14)3/h13-14,17-18H,6-12H2,1-5H3. The second-order valence-electron chi connectivity index (χ2n) is 7.24. The van der Waals surface area contributed by atoms with Crippen molar-refractivity contribution in [2.45, 2.75) is 72.8 Å². The maximum absolute atomic E-state index is 9.61. The Labute approximate surface area is 114 Å². The normalized spacial score (nSPS) is 28.3. The molecule has 2 atom stereocenters. The number of hydrogen-bond donors (Lipinski definition) is 2. The molecule has 0 aromatic carbocycles. The summed E-state index contributed by atoms with van der Waals surface area (Å²) in [5.41, 5.74) is 0.605. The van der Waals surface area contributed by atoms with Gasteiger partial charge < -0.3 is 10.4 Å². The van der Waals surface area contributed by atoms with Crippen LogP contribution >= 0.6 is 0 Å². The Morgan fingerprint density at radius 2 is 1.89 bits per heavy atom. The van der Waals surface area contributed by atoms with Gasteiger partial charge in [-0.05, 0) is 43.4 Å². The molecule has 0 saturated heterocycles. The molecule has 0 aromatic rings. The van der Waals surface area contributed by atoms with E-state index in [0.717, 1.165) is 25.3 Å². The van der Waals surface area contributed by atoms with Gasteiger partial charge in [-0.3, -0.25) is 0 Å². The topological polar surface area (TPSA) is 32.3 Å². The molecule has 2 N–H and O–H groups in total. The fraction of sp³-hybridized carbons (Fsp3) is 1.00. The second kappa shape index (κ2) is 6.38. The van der Waals surface area contributed by atoms with E-state index in [-0.39, 0.29) is 5.41 Å². The second-order valence-corrected chi connectivity index (χ2v) is 7.24. The first-order valence-corrected chi connectivity index (χ1v) is 7.72. The minimum Gasteiger partial charge on any atom is -0.396 e. The van der Waals surface area contributed by atoms with Crippen LogP contribution in [0.4, 0.5) is 0 Å². The highest BCUT2D eigenvalue weighted by Crippen LogP contribution is 2.38. The van der Waals surface area contributed by atoms with E-state index in [1.165, 1.54) is 19.3 Å². The molecular formula is C16H33NO.